The molecule has 6 nitrogen and oxygen atoms in total. The van der Waals surface area contributed by atoms with E-state index in [0.29, 0.717) is 13.0 Å². The Morgan fingerprint density at radius 1 is 1.38 bits per heavy atom. The lowest BCUT2D eigenvalue weighted by molar-refractivity contribution is -0.119. The molecule has 0 spiro atoms. The van der Waals surface area contributed by atoms with E-state index in [1.807, 2.05) is 24.3 Å². The Bertz CT molecular complexity index is 862. The SMILES string of the molecule is CN1C(=O)C[C@@H](CNC(=O)c2c[nH]c(=O)c(Cl)c2)c2ccccc21. The first-order valence-corrected chi connectivity index (χ1v) is 7.87. The highest BCUT2D eigenvalue weighted by atomic mass is 35.5. The van der Waals surface area contributed by atoms with Crippen LogP contribution < -0.4 is 15.8 Å². The number of rotatable bonds is 3. The average Bonchev–Trinajstić information content (AvgIpc) is 2.59. The van der Waals surface area contributed by atoms with Gasteiger partial charge in [-0.15, -0.1) is 0 Å². The standard InChI is InChI=1S/C17H16ClN3O3/c1-21-14-5-3-2-4-12(14)10(7-15(21)22)8-19-16(23)11-6-13(18)17(24)20-9-11/h2-6,9-10H,7-8H2,1H3,(H,19,23)(H,20,24)/t10-/m0/s1. The summed E-state index contributed by atoms with van der Waals surface area (Å²) in [6, 6.07) is 8.98. The monoisotopic (exact) mass is 345 g/mol. The Morgan fingerprint density at radius 3 is 2.88 bits per heavy atom. The number of aromatic nitrogens is 1. The molecule has 24 heavy (non-hydrogen) atoms. The molecule has 0 fully saturated rings. The van der Waals surface area contributed by atoms with Crippen molar-refractivity contribution < 1.29 is 9.59 Å². The Hall–Kier alpha value is -2.60. The number of carbonyl (C=O) groups excluding carboxylic acids is 2. The van der Waals surface area contributed by atoms with Crippen LogP contribution in [0.1, 0.15) is 28.3 Å². The summed E-state index contributed by atoms with van der Waals surface area (Å²) in [6.07, 6.45) is 1.65. The quantitative estimate of drug-likeness (QED) is 0.891. The van der Waals surface area contributed by atoms with Gasteiger partial charge < -0.3 is 15.2 Å². The van der Waals surface area contributed by atoms with Gasteiger partial charge in [-0.25, -0.2) is 0 Å². The fourth-order valence-corrected chi connectivity index (χ4v) is 2.99. The van der Waals surface area contributed by atoms with E-state index in [-0.39, 0.29) is 28.3 Å². The van der Waals surface area contributed by atoms with E-state index >= 15 is 0 Å². The van der Waals surface area contributed by atoms with Gasteiger partial charge in [-0.3, -0.25) is 14.4 Å². The van der Waals surface area contributed by atoms with Gasteiger partial charge in [-0.1, -0.05) is 29.8 Å². The zero-order valence-electron chi connectivity index (χ0n) is 13.0. The van der Waals surface area contributed by atoms with E-state index < -0.39 is 5.56 Å². The zero-order valence-corrected chi connectivity index (χ0v) is 13.8. The van der Waals surface area contributed by atoms with E-state index in [0.717, 1.165) is 11.3 Å². The topological polar surface area (TPSA) is 82.3 Å². The molecule has 7 heteroatoms. The number of anilines is 1. The molecule has 0 saturated carbocycles. The fourth-order valence-electron chi connectivity index (χ4n) is 2.82. The largest absolute Gasteiger partial charge is 0.351 e. The van der Waals surface area contributed by atoms with E-state index in [1.54, 1.807) is 11.9 Å². The number of benzene rings is 1. The smallest absolute Gasteiger partial charge is 0.266 e. The molecule has 0 unspecified atom stereocenters. The first kappa shape index (κ1) is 16.3. The molecule has 2 N–H and O–H groups in total. The van der Waals surface area contributed by atoms with Crippen LogP contribution in [0.5, 0.6) is 0 Å². The van der Waals surface area contributed by atoms with Crippen LogP contribution in [0.4, 0.5) is 5.69 Å². The van der Waals surface area contributed by atoms with Gasteiger partial charge in [0.2, 0.25) is 5.91 Å². The summed E-state index contributed by atoms with van der Waals surface area (Å²) in [4.78, 5) is 39.6. The fraction of sp³-hybridized carbons (Fsp3) is 0.235. The van der Waals surface area contributed by atoms with Crippen LogP contribution >= 0.6 is 11.6 Å². The third kappa shape index (κ3) is 3.05. The highest BCUT2D eigenvalue weighted by molar-refractivity contribution is 6.30. The number of hydrogen-bond donors (Lipinski definition) is 2. The number of amides is 2. The summed E-state index contributed by atoms with van der Waals surface area (Å²) in [5, 5.41) is 2.76. The van der Waals surface area contributed by atoms with Crippen LogP contribution in [-0.4, -0.2) is 30.4 Å². The summed E-state index contributed by atoms with van der Waals surface area (Å²) < 4.78 is 0. The number of halogens is 1. The lowest BCUT2D eigenvalue weighted by Crippen LogP contribution is -2.37. The van der Waals surface area contributed by atoms with Crippen molar-refractivity contribution in [1.29, 1.82) is 0 Å². The van der Waals surface area contributed by atoms with E-state index in [9.17, 15) is 14.4 Å². The van der Waals surface area contributed by atoms with Crippen LogP contribution in [0.2, 0.25) is 5.02 Å². The Kier molecular flexibility index (Phi) is 4.40. The molecule has 0 bridgehead atoms. The number of pyridine rings is 1. The number of aromatic amines is 1. The van der Waals surface area contributed by atoms with Crippen LogP contribution in [0.25, 0.3) is 0 Å². The van der Waals surface area contributed by atoms with Crippen molar-refractivity contribution in [2.45, 2.75) is 12.3 Å². The number of nitrogens with one attached hydrogen (secondary N) is 2. The average molecular weight is 346 g/mol. The molecule has 1 atom stereocenters. The lowest BCUT2D eigenvalue weighted by Gasteiger charge is -2.31. The maximum absolute atomic E-state index is 12.2. The first-order chi connectivity index (χ1) is 11.5. The van der Waals surface area contributed by atoms with Crippen molar-refractivity contribution in [3.8, 4) is 0 Å². The van der Waals surface area contributed by atoms with E-state index in [4.69, 9.17) is 11.6 Å². The summed E-state index contributed by atoms with van der Waals surface area (Å²) in [5.41, 5.74) is 1.72. The van der Waals surface area contributed by atoms with Crippen LogP contribution in [0.3, 0.4) is 0 Å². The molecule has 1 aliphatic heterocycles. The number of para-hydroxylation sites is 1. The minimum atomic E-state index is -0.442. The van der Waals surface area contributed by atoms with Crippen LogP contribution in [0, 0.1) is 0 Å². The van der Waals surface area contributed by atoms with Gasteiger partial charge in [0.15, 0.2) is 0 Å². The Balaban J connectivity index is 1.76. The predicted molar refractivity (Wildman–Crippen MR) is 91.6 cm³/mol. The summed E-state index contributed by atoms with van der Waals surface area (Å²) >= 11 is 5.73. The summed E-state index contributed by atoms with van der Waals surface area (Å²) in [5.74, 6) is -0.427. The van der Waals surface area contributed by atoms with Crippen LogP contribution in [-0.2, 0) is 4.79 Å². The highest BCUT2D eigenvalue weighted by Gasteiger charge is 2.29. The molecule has 2 heterocycles. The third-order valence-electron chi connectivity index (χ3n) is 4.16. The summed E-state index contributed by atoms with van der Waals surface area (Å²) in [7, 11) is 1.75. The van der Waals surface area contributed by atoms with Gasteiger partial charge in [0, 0.05) is 37.8 Å². The molecule has 1 aliphatic rings. The molecule has 0 saturated heterocycles. The van der Waals surface area contributed by atoms with Crippen molar-refractivity contribution in [2.24, 2.45) is 0 Å². The van der Waals surface area contributed by atoms with Gasteiger partial charge in [0.05, 0.1) is 5.56 Å². The molecule has 2 aromatic rings. The van der Waals surface area contributed by atoms with E-state index in [2.05, 4.69) is 10.3 Å². The van der Waals surface area contributed by atoms with Crippen molar-refractivity contribution >= 4 is 29.1 Å². The van der Waals surface area contributed by atoms with Gasteiger partial charge in [0.25, 0.3) is 11.5 Å². The number of nitrogens with zero attached hydrogens (tertiary/aromatic N) is 1. The summed E-state index contributed by atoms with van der Waals surface area (Å²) in [6.45, 7) is 0.326. The van der Waals surface area contributed by atoms with Gasteiger partial charge >= 0.3 is 0 Å². The lowest BCUT2D eigenvalue weighted by atomic mass is 9.89. The molecule has 1 aromatic heterocycles. The maximum Gasteiger partial charge on any atom is 0.266 e. The second-order valence-electron chi connectivity index (χ2n) is 5.69. The van der Waals surface area contributed by atoms with Crippen molar-refractivity contribution in [3.05, 3.63) is 63.0 Å². The molecule has 1 aromatic carbocycles. The number of carbonyl (C=O) groups is 2. The molecule has 2 amide bonds. The molecule has 0 aliphatic carbocycles. The second-order valence-corrected chi connectivity index (χ2v) is 6.10. The molecule has 124 valence electrons. The van der Waals surface area contributed by atoms with Gasteiger partial charge in [-0.2, -0.15) is 0 Å². The Morgan fingerprint density at radius 2 is 2.12 bits per heavy atom. The number of fused-ring (bicyclic) bond motifs is 1. The zero-order chi connectivity index (χ0) is 17.3. The van der Waals surface area contributed by atoms with Crippen molar-refractivity contribution in [2.75, 3.05) is 18.5 Å². The molecule has 0 radical (unpaired) electrons. The second kappa shape index (κ2) is 6.49. The van der Waals surface area contributed by atoms with Gasteiger partial charge in [-0.05, 0) is 17.7 Å². The minimum absolute atomic E-state index is 0.0139. The highest BCUT2D eigenvalue weighted by Crippen LogP contribution is 2.34. The molecule has 3 rings (SSSR count). The van der Waals surface area contributed by atoms with Gasteiger partial charge in [0.1, 0.15) is 5.02 Å². The maximum atomic E-state index is 12.2. The molecular weight excluding hydrogens is 330 g/mol. The van der Waals surface area contributed by atoms with Crippen molar-refractivity contribution in [1.82, 2.24) is 10.3 Å². The predicted octanol–water partition coefficient (Wildman–Crippen LogP) is 1.91. The number of H-pyrrole nitrogens is 1. The normalized spacial score (nSPS) is 16.7. The van der Waals surface area contributed by atoms with Crippen LogP contribution in [0.15, 0.2) is 41.3 Å². The minimum Gasteiger partial charge on any atom is -0.351 e. The third-order valence-corrected chi connectivity index (χ3v) is 4.44. The van der Waals surface area contributed by atoms with E-state index in [1.165, 1.54) is 12.3 Å². The number of hydrogen-bond acceptors (Lipinski definition) is 3. The van der Waals surface area contributed by atoms with Crippen molar-refractivity contribution in [3.63, 3.8) is 0 Å². The molecular formula is C17H16ClN3O3. The Labute approximate surface area is 143 Å². The first-order valence-electron chi connectivity index (χ1n) is 7.49.